The summed E-state index contributed by atoms with van der Waals surface area (Å²) in [5.41, 5.74) is 1.60. The molecule has 302 valence electrons. The van der Waals surface area contributed by atoms with Gasteiger partial charge in [0.05, 0.1) is 51.2 Å². The van der Waals surface area contributed by atoms with Crippen LogP contribution in [0.1, 0.15) is 35.7 Å². The first-order valence-electron chi connectivity index (χ1n) is 18.3. The van der Waals surface area contributed by atoms with Gasteiger partial charge in [0.25, 0.3) is 0 Å². The smallest absolute Gasteiger partial charge is 0.326 e. The molecule has 3 fully saturated rings. The minimum Gasteiger partial charge on any atom is -0.493 e. The first-order chi connectivity index (χ1) is 26.5. The van der Waals surface area contributed by atoms with Crippen molar-refractivity contribution in [2.24, 2.45) is 4.99 Å². The second kappa shape index (κ2) is 18.4. The molecule has 18 heteroatoms. The summed E-state index contributed by atoms with van der Waals surface area (Å²) in [5.74, 6) is -0.804. The summed E-state index contributed by atoms with van der Waals surface area (Å²) in [6.07, 6.45) is 0. The summed E-state index contributed by atoms with van der Waals surface area (Å²) >= 11 is 12.6. The minimum atomic E-state index is -4.32. The van der Waals surface area contributed by atoms with Gasteiger partial charge in [0.1, 0.15) is 28.3 Å². The van der Waals surface area contributed by atoms with E-state index in [1.54, 1.807) is 45.9 Å². The van der Waals surface area contributed by atoms with Crippen molar-refractivity contribution in [3.05, 3.63) is 93.2 Å². The van der Waals surface area contributed by atoms with E-state index in [0.29, 0.717) is 68.1 Å². The summed E-state index contributed by atoms with van der Waals surface area (Å²) < 4.78 is 61.7. The van der Waals surface area contributed by atoms with Gasteiger partial charge in [-0.2, -0.15) is 4.31 Å². The van der Waals surface area contributed by atoms with E-state index < -0.39 is 38.9 Å². The summed E-state index contributed by atoms with van der Waals surface area (Å²) in [4.78, 5) is 39.8. The molecule has 4 aliphatic rings. The molecule has 0 spiro atoms. The van der Waals surface area contributed by atoms with Gasteiger partial charge >= 0.3 is 6.03 Å². The number of hydrogen-bond acceptors (Lipinski definition) is 9. The first kappa shape index (κ1) is 42.1. The van der Waals surface area contributed by atoms with Crippen molar-refractivity contribution in [3.63, 3.8) is 0 Å². The van der Waals surface area contributed by atoms with Crippen molar-refractivity contribution in [3.8, 4) is 5.75 Å². The van der Waals surface area contributed by atoms with Crippen molar-refractivity contribution < 1.29 is 36.6 Å². The van der Waals surface area contributed by atoms with Gasteiger partial charge in [0, 0.05) is 68.5 Å². The molecule has 0 saturated carbocycles. The predicted molar refractivity (Wildman–Crippen MR) is 212 cm³/mol. The number of aliphatic imine (C=N–C) groups is 1. The Hall–Kier alpha value is -3.54. The van der Waals surface area contributed by atoms with Gasteiger partial charge in [-0.05, 0) is 48.4 Å². The van der Waals surface area contributed by atoms with E-state index in [9.17, 15) is 13.2 Å². The molecule has 0 unspecified atom stereocenters. The van der Waals surface area contributed by atoms with Gasteiger partial charge in [0.15, 0.2) is 0 Å². The maximum Gasteiger partial charge on any atom is 0.326 e. The lowest BCUT2D eigenvalue weighted by atomic mass is 9.93. The standard InChI is InChI=1S/C38H43Cl2FN6O7S.ClH/c1-2-54-32-24-31(41)33(55(50,51)46-17-21-53-22-18-46)23-30(32)37-42-35(26-3-7-28(39)8-4-26)36(27-5-9-29(40)10-6-27)47(37)38(49)45-13-11-43(12-14-45)25-34(48)44-15-19-52-20-16-44;/h3-10,23-24,35-36H,2,11-22,25H2,1H3;1H/t35-,36+;/m0./s1. The van der Waals surface area contributed by atoms with E-state index in [0.717, 1.165) is 11.6 Å². The van der Waals surface area contributed by atoms with E-state index in [2.05, 4.69) is 0 Å². The van der Waals surface area contributed by atoms with Crippen LogP contribution in [0.15, 0.2) is 70.6 Å². The Balaban J connectivity index is 0.00000532. The number of halogens is 4. The number of hydrogen-bond donors (Lipinski definition) is 0. The zero-order valence-corrected chi connectivity index (χ0v) is 34.0. The highest BCUT2D eigenvalue weighted by Gasteiger charge is 2.46. The fourth-order valence-corrected chi connectivity index (χ4v) is 9.05. The monoisotopic (exact) mass is 852 g/mol. The largest absolute Gasteiger partial charge is 0.493 e. The lowest BCUT2D eigenvalue weighted by Crippen LogP contribution is -2.56. The van der Waals surface area contributed by atoms with Crippen LogP contribution in [-0.2, 0) is 24.3 Å². The quantitative estimate of drug-likeness (QED) is 0.291. The highest BCUT2D eigenvalue weighted by Crippen LogP contribution is 2.46. The molecule has 3 saturated heterocycles. The van der Waals surface area contributed by atoms with Gasteiger partial charge in [-0.15, -0.1) is 12.4 Å². The molecule has 3 aromatic rings. The Morgan fingerprint density at radius 3 is 1.98 bits per heavy atom. The van der Waals surface area contributed by atoms with E-state index in [1.165, 1.54) is 10.4 Å². The lowest BCUT2D eigenvalue weighted by molar-refractivity contribution is -0.136. The predicted octanol–water partition coefficient (Wildman–Crippen LogP) is 5.12. The number of morpholine rings is 2. The molecule has 0 bridgehead atoms. The maximum absolute atomic E-state index is 15.9. The molecule has 0 aromatic heterocycles. The second-order valence-corrected chi connectivity index (χ2v) is 16.4. The number of rotatable bonds is 9. The molecule has 56 heavy (non-hydrogen) atoms. The van der Waals surface area contributed by atoms with Gasteiger partial charge < -0.3 is 24.0 Å². The molecule has 0 N–H and O–H groups in total. The minimum absolute atomic E-state index is 0. The summed E-state index contributed by atoms with van der Waals surface area (Å²) in [7, 11) is -4.32. The van der Waals surface area contributed by atoms with Crippen molar-refractivity contribution in [2.45, 2.75) is 23.9 Å². The second-order valence-electron chi connectivity index (χ2n) is 13.6. The zero-order chi connectivity index (χ0) is 38.7. The maximum atomic E-state index is 15.9. The number of ether oxygens (including phenoxy) is 3. The molecule has 4 aliphatic heterocycles. The Bertz CT molecular complexity index is 2010. The molecule has 3 aromatic carbocycles. The molecule has 4 heterocycles. The SMILES string of the molecule is CCOc1cc(F)c(S(=O)(=O)N2CCOCC2)cc1C1=N[C@@H](c2ccc(Cl)cc2)[C@@H](c2ccc(Cl)cc2)N1C(=O)N1CCN(CC(=O)N2CCOCC2)CC1.Cl. The number of nitrogens with zero attached hydrogens (tertiary/aromatic N) is 6. The number of carbonyl (C=O) groups is 2. The number of piperazine rings is 1. The molecule has 0 radical (unpaired) electrons. The average molecular weight is 854 g/mol. The molecular formula is C38H44Cl3FN6O7S. The first-order valence-corrected chi connectivity index (χ1v) is 20.5. The van der Waals surface area contributed by atoms with Crippen LogP contribution >= 0.6 is 35.6 Å². The fourth-order valence-electron chi connectivity index (χ4n) is 7.32. The highest BCUT2D eigenvalue weighted by atomic mass is 35.5. The van der Waals surface area contributed by atoms with E-state index in [4.69, 9.17) is 42.4 Å². The number of urea groups is 1. The molecule has 3 amide bonds. The number of sulfonamides is 1. The third-order valence-electron chi connectivity index (χ3n) is 10.2. The zero-order valence-electron chi connectivity index (χ0n) is 30.8. The van der Waals surface area contributed by atoms with Crippen LogP contribution in [0.5, 0.6) is 5.75 Å². The Morgan fingerprint density at radius 2 is 1.39 bits per heavy atom. The van der Waals surface area contributed by atoms with Crippen LogP contribution in [-0.4, -0.2) is 142 Å². The Labute approximate surface area is 342 Å². The number of amidine groups is 1. The van der Waals surface area contributed by atoms with Gasteiger partial charge in [-0.25, -0.2) is 17.6 Å². The van der Waals surface area contributed by atoms with Crippen LogP contribution in [0, 0.1) is 5.82 Å². The highest BCUT2D eigenvalue weighted by molar-refractivity contribution is 7.89. The Kier molecular flexibility index (Phi) is 13.8. The number of amides is 3. The summed E-state index contributed by atoms with van der Waals surface area (Å²) in [6, 6.07) is 14.7. The van der Waals surface area contributed by atoms with Crippen LogP contribution in [0.25, 0.3) is 0 Å². The van der Waals surface area contributed by atoms with Crippen molar-refractivity contribution in [1.82, 2.24) is 23.9 Å². The third kappa shape index (κ3) is 8.95. The van der Waals surface area contributed by atoms with E-state index in [1.807, 2.05) is 29.2 Å². The van der Waals surface area contributed by atoms with Crippen LogP contribution in [0.2, 0.25) is 10.0 Å². The normalized spacial score (nSPS) is 21.1. The molecule has 0 aliphatic carbocycles. The van der Waals surface area contributed by atoms with E-state index in [-0.39, 0.29) is 74.9 Å². The molecular weight excluding hydrogens is 810 g/mol. The summed E-state index contributed by atoms with van der Waals surface area (Å²) in [6.45, 7) is 6.27. The van der Waals surface area contributed by atoms with Gasteiger partial charge in [-0.1, -0.05) is 47.5 Å². The topological polar surface area (TPSA) is 125 Å². The van der Waals surface area contributed by atoms with Gasteiger partial charge in [-0.3, -0.25) is 19.6 Å². The van der Waals surface area contributed by atoms with Crippen LogP contribution < -0.4 is 4.74 Å². The average Bonchev–Trinajstić information content (AvgIpc) is 3.59. The number of carbonyl (C=O) groups excluding carboxylic acids is 2. The van der Waals surface area contributed by atoms with Crippen LogP contribution in [0.3, 0.4) is 0 Å². The third-order valence-corrected chi connectivity index (χ3v) is 12.6. The van der Waals surface area contributed by atoms with Crippen molar-refractivity contribution in [2.75, 3.05) is 91.9 Å². The number of benzene rings is 3. The Morgan fingerprint density at radius 1 is 0.821 bits per heavy atom. The fraction of sp³-hybridized carbons (Fsp3) is 0.447. The molecule has 13 nitrogen and oxygen atoms in total. The van der Waals surface area contributed by atoms with E-state index >= 15 is 9.18 Å². The van der Waals surface area contributed by atoms with Crippen molar-refractivity contribution >= 4 is 63.4 Å². The van der Waals surface area contributed by atoms with Crippen LogP contribution in [0.4, 0.5) is 9.18 Å². The lowest BCUT2D eigenvalue weighted by Gasteiger charge is -2.39. The van der Waals surface area contributed by atoms with Gasteiger partial charge in [0.2, 0.25) is 15.9 Å². The van der Waals surface area contributed by atoms with Crippen molar-refractivity contribution in [1.29, 1.82) is 0 Å². The molecule has 2 atom stereocenters. The molecule has 7 rings (SSSR count). The summed E-state index contributed by atoms with van der Waals surface area (Å²) in [5, 5.41) is 1.02.